The molecule has 0 bridgehead atoms. The Balaban J connectivity index is 2.15. The lowest BCUT2D eigenvalue weighted by atomic mass is 10.9. The summed E-state index contributed by atoms with van der Waals surface area (Å²) < 4.78 is 21.9. The second-order valence-electron chi connectivity index (χ2n) is 2.35. The van der Waals surface area contributed by atoms with Gasteiger partial charge in [0, 0.05) is 0 Å². The molecule has 0 aliphatic carbocycles. The van der Waals surface area contributed by atoms with Gasteiger partial charge in [0.1, 0.15) is 0 Å². The standard InChI is InChI=1S/C4H4ClN2O5P/c5-13(10,6-1-11-3(6)8)7-2-12-4(7)9/h1-2H2. The van der Waals surface area contributed by atoms with Crippen LogP contribution in [0.1, 0.15) is 0 Å². The summed E-state index contributed by atoms with van der Waals surface area (Å²) in [6.07, 6.45) is -1.59. The van der Waals surface area contributed by atoms with Crippen LogP contribution in [0.25, 0.3) is 0 Å². The van der Waals surface area contributed by atoms with E-state index in [1.165, 1.54) is 0 Å². The van der Waals surface area contributed by atoms with Crippen molar-refractivity contribution in [1.82, 2.24) is 9.34 Å². The topological polar surface area (TPSA) is 76.2 Å². The van der Waals surface area contributed by atoms with E-state index in [4.69, 9.17) is 11.2 Å². The molecule has 2 aliphatic rings. The van der Waals surface area contributed by atoms with Gasteiger partial charge in [0.05, 0.1) is 0 Å². The Morgan fingerprint density at radius 1 is 1.15 bits per heavy atom. The summed E-state index contributed by atoms with van der Waals surface area (Å²) in [4.78, 5) is 21.4. The third kappa shape index (κ3) is 1.08. The molecule has 0 saturated carbocycles. The molecule has 0 aromatic heterocycles. The van der Waals surface area contributed by atoms with Gasteiger partial charge in [-0.1, -0.05) is 0 Å². The zero-order valence-electron chi connectivity index (χ0n) is 6.18. The van der Waals surface area contributed by atoms with E-state index >= 15 is 0 Å². The van der Waals surface area contributed by atoms with Crippen LogP contribution < -0.4 is 0 Å². The summed E-state index contributed by atoms with van der Waals surface area (Å²) in [5.74, 6) is 0. The molecule has 0 unspecified atom stereocenters. The molecule has 0 aromatic carbocycles. The first-order valence-electron chi connectivity index (χ1n) is 3.23. The lowest BCUT2D eigenvalue weighted by Crippen LogP contribution is -2.50. The second-order valence-corrected chi connectivity index (χ2v) is 5.58. The zero-order valence-corrected chi connectivity index (χ0v) is 7.83. The van der Waals surface area contributed by atoms with Gasteiger partial charge in [0.25, 0.3) is 0 Å². The summed E-state index contributed by atoms with van der Waals surface area (Å²) >= 11 is 5.54. The zero-order chi connectivity index (χ0) is 9.64. The molecule has 9 heteroatoms. The van der Waals surface area contributed by atoms with E-state index in [0.717, 1.165) is 9.34 Å². The fraction of sp³-hybridized carbons (Fsp3) is 0.500. The van der Waals surface area contributed by atoms with Crippen LogP contribution in [0.4, 0.5) is 9.59 Å². The monoisotopic (exact) mass is 226 g/mol. The van der Waals surface area contributed by atoms with E-state index in [-0.39, 0.29) is 13.5 Å². The van der Waals surface area contributed by atoms with Crippen molar-refractivity contribution in [2.24, 2.45) is 0 Å². The van der Waals surface area contributed by atoms with Crippen molar-refractivity contribution in [1.29, 1.82) is 0 Å². The average Bonchev–Trinajstić information content (AvgIpc) is 1.96. The lowest BCUT2D eigenvalue weighted by molar-refractivity contribution is 0.00108. The van der Waals surface area contributed by atoms with Crippen LogP contribution in [0.3, 0.4) is 0 Å². The van der Waals surface area contributed by atoms with Crippen molar-refractivity contribution in [3.63, 3.8) is 0 Å². The van der Waals surface area contributed by atoms with Gasteiger partial charge in [-0.2, -0.15) is 9.34 Å². The molecule has 0 N–H and O–H groups in total. The van der Waals surface area contributed by atoms with Crippen LogP contribution in [0.5, 0.6) is 0 Å². The van der Waals surface area contributed by atoms with Crippen LogP contribution in [0, 0.1) is 0 Å². The summed E-state index contributed by atoms with van der Waals surface area (Å²) in [6.45, 7) is -3.95. The number of rotatable bonds is 2. The molecule has 0 atom stereocenters. The third-order valence-corrected chi connectivity index (χ3v) is 4.48. The highest BCUT2D eigenvalue weighted by Gasteiger charge is 2.51. The van der Waals surface area contributed by atoms with Gasteiger partial charge in [0.15, 0.2) is 13.5 Å². The number of cyclic esters (lactones) is 2. The first-order chi connectivity index (χ1) is 6.03. The molecular weight excluding hydrogens is 222 g/mol. The predicted octanol–water partition coefficient (Wildman–Crippen LogP) is 1.15. The Hall–Kier alpha value is -0.940. The Bertz CT molecular complexity index is 304. The van der Waals surface area contributed by atoms with Gasteiger partial charge >= 0.3 is 19.0 Å². The van der Waals surface area contributed by atoms with Crippen molar-refractivity contribution >= 4 is 30.2 Å². The maximum atomic E-state index is 11.6. The van der Waals surface area contributed by atoms with Gasteiger partial charge in [-0.25, -0.2) is 9.59 Å². The molecule has 0 spiro atoms. The largest absolute Gasteiger partial charge is 0.427 e. The van der Waals surface area contributed by atoms with Gasteiger partial charge < -0.3 is 9.47 Å². The van der Waals surface area contributed by atoms with Crippen LogP contribution in [-0.4, -0.2) is 35.0 Å². The number of halogens is 1. The lowest BCUT2D eigenvalue weighted by Gasteiger charge is -2.40. The van der Waals surface area contributed by atoms with Gasteiger partial charge in [0.2, 0.25) is 0 Å². The highest BCUT2D eigenvalue weighted by Crippen LogP contribution is 2.61. The molecule has 2 saturated heterocycles. The molecule has 7 nitrogen and oxygen atoms in total. The molecule has 2 amide bonds. The summed E-state index contributed by atoms with van der Waals surface area (Å²) in [5, 5.41) is 0. The van der Waals surface area contributed by atoms with Crippen molar-refractivity contribution < 1.29 is 23.6 Å². The van der Waals surface area contributed by atoms with Crippen molar-refractivity contribution in [3.05, 3.63) is 0 Å². The van der Waals surface area contributed by atoms with Gasteiger partial charge in [-0.15, -0.1) is 0 Å². The highest BCUT2D eigenvalue weighted by atomic mass is 35.7. The minimum Gasteiger partial charge on any atom is -0.427 e. The smallest absolute Gasteiger partial charge is 0.422 e. The van der Waals surface area contributed by atoms with Crippen LogP contribution >= 0.6 is 18.0 Å². The van der Waals surface area contributed by atoms with Crippen LogP contribution in [-0.2, 0) is 14.0 Å². The fourth-order valence-corrected chi connectivity index (χ4v) is 2.64. The minimum absolute atomic E-state index is 0.163. The maximum absolute atomic E-state index is 11.6. The number of ether oxygens (including phenoxy) is 2. The Labute approximate surface area is 77.4 Å². The Morgan fingerprint density at radius 2 is 1.54 bits per heavy atom. The van der Waals surface area contributed by atoms with E-state index in [0.29, 0.717) is 0 Å². The van der Waals surface area contributed by atoms with Gasteiger partial charge in [-0.3, -0.25) is 4.57 Å². The van der Waals surface area contributed by atoms with Crippen molar-refractivity contribution in [3.8, 4) is 0 Å². The van der Waals surface area contributed by atoms with E-state index in [1.807, 2.05) is 0 Å². The first-order valence-corrected chi connectivity index (χ1v) is 5.74. The Kier molecular flexibility index (Phi) is 1.68. The summed E-state index contributed by atoms with van der Waals surface area (Å²) in [5.41, 5.74) is 0. The number of hydrogen-bond acceptors (Lipinski definition) is 5. The molecule has 0 aromatic rings. The predicted molar refractivity (Wildman–Crippen MR) is 39.8 cm³/mol. The highest BCUT2D eigenvalue weighted by molar-refractivity contribution is 7.86. The molecule has 13 heavy (non-hydrogen) atoms. The molecule has 72 valence electrons. The molecule has 0 radical (unpaired) electrons. The normalized spacial score (nSPS) is 21.6. The maximum Gasteiger partial charge on any atom is 0.422 e. The van der Waals surface area contributed by atoms with E-state index < -0.39 is 19.0 Å². The van der Waals surface area contributed by atoms with E-state index in [1.54, 1.807) is 0 Å². The second kappa shape index (κ2) is 2.52. The number of carbonyl (C=O) groups excluding carboxylic acids is 2. The minimum atomic E-state index is -3.62. The molecule has 2 aliphatic heterocycles. The fourth-order valence-electron chi connectivity index (χ4n) is 0.824. The quantitative estimate of drug-likeness (QED) is 0.660. The molecule has 2 fully saturated rings. The van der Waals surface area contributed by atoms with E-state index in [2.05, 4.69) is 9.47 Å². The molecule has 2 rings (SSSR count). The number of hydrogen-bond donors (Lipinski definition) is 0. The summed E-state index contributed by atoms with van der Waals surface area (Å²) in [7, 11) is 0. The van der Waals surface area contributed by atoms with Crippen LogP contribution in [0.15, 0.2) is 0 Å². The SMILES string of the molecule is O=C1OCN1P(=O)(Cl)N1COC1=O. The first kappa shape index (κ1) is 8.65. The van der Waals surface area contributed by atoms with Gasteiger partial charge in [-0.05, 0) is 11.2 Å². The molecule has 2 heterocycles. The number of carbonyl (C=O) groups is 2. The summed E-state index contributed by atoms with van der Waals surface area (Å²) in [6, 6.07) is 0. The van der Waals surface area contributed by atoms with Crippen LogP contribution in [0.2, 0.25) is 0 Å². The van der Waals surface area contributed by atoms with Crippen molar-refractivity contribution in [2.45, 2.75) is 0 Å². The average molecular weight is 227 g/mol. The third-order valence-electron chi connectivity index (χ3n) is 1.64. The Morgan fingerprint density at radius 3 is 1.69 bits per heavy atom. The number of nitrogens with zero attached hydrogens (tertiary/aromatic N) is 2. The molecular formula is C4H4ClN2O5P. The van der Waals surface area contributed by atoms with E-state index in [9.17, 15) is 14.2 Å². The number of amides is 2. The van der Waals surface area contributed by atoms with Crippen molar-refractivity contribution in [2.75, 3.05) is 13.5 Å².